The van der Waals surface area contributed by atoms with Crippen molar-refractivity contribution in [3.63, 3.8) is 0 Å². The van der Waals surface area contributed by atoms with Crippen molar-refractivity contribution in [2.45, 2.75) is 31.7 Å². The second-order valence-corrected chi connectivity index (χ2v) is 5.92. The number of para-hydroxylation sites is 1. The molecule has 4 heteroatoms. The number of hydrogen-bond donors (Lipinski definition) is 1. The van der Waals surface area contributed by atoms with Crippen molar-refractivity contribution < 1.29 is 9.53 Å². The molecule has 3 rings (SSSR count). The minimum Gasteiger partial charge on any atom is -0.492 e. The first kappa shape index (κ1) is 13.4. The summed E-state index contributed by atoms with van der Waals surface area (Å²) in [4.78, 5) is 14.9. The number of amides is 1. The molecule has 3 unspecified atom stereocenters. The Morgan fingerprint density at radius 3 is 3.00 bits per heavy atom. The average Bonchev–Trinajstić information content (AvgIpc) is 2.91. The molecule has 3 atom stereocenters. The maximum atomic E-state index is 12.8. The van der Waals surface area contributed by atoms with E-state index < -0.39 is 0 Å². The molecule has 1 amide bonds. The summed E-state index contributed by atoms with van der Waals surface area (Å²) in [5.41, 5.74) is 6.81. The third-order valence-corrected chi connectivity index (χ3v) is 4.59. The molecule has 0 radical (unpaired) electrons. The largest absolute Gasteiger partial charge is 0.492 e. The maximum absolute atomic E-state index is 12.8. The zero-order chi connectivity index (χ0) is 14.1. The molecule has 1 aromatic rings. The zero-order valence-electron chi connectivity index (χ0n) is 11.9. The van der Waals surface area contributed by atoms with Crippen molar-refractivity contribution in [1.82, 2.24) is 4.90 Å². The fourth-order valence-electron chi connectivity index (χ4n) is 3.25. The maximum Gasteiger partial charge on any atom is 0.233 e. The van der Waals surface area contributed by atoms with E-state index in [1.807, 2.05) is 29.2 Å². The summed E-state index contributed by atoms with van der Waals surface area (Å²) < 4.78 is 5.64. The van der Waals surface area contributed by atoms with Crippen molar-refractivity contribution in [3.05, 3.63) is 29.8 Å². The highest BCUT2D eigenvalue weighted by atomic mass is 16.5. The lowest BCUT2D eigenvalue weighted by molar-refractivity contribution is -0.137. The molecule has 1 fully saturated rings. The van der Waals surface area contributed by atoms with Crippen LogP contribution in [0.2, 0.25) is 0 Å². The van der Waals surface area contributed by atoms with Crippen molar-refractivity contribution in [2.75, 3.05) is 19.7 Å². The van der Waals surface area contributed by atoms with Crippen LogP contribution in [0.4, 0.5) is 0 Å². The molecule has 0 bridgehead atoms. The molecule has 108 valence electrons. The van der Waals surface area contributed by atoms with Crippen LogP contribution in [0.3, 0.4) is 0 Å². The summed E-state index contributed by atoms with van der Waals surface area (Å²) >= 11 is 0. The standard InChI is InChI=1S/C16H22N2O2/c1-11-6-7-12(8-17)9-18(11)16(19)14-10-20-15-5-3-2-4-13(14)15/h2-5,11-12,14H,6-10,17H2,1H3. The van der Waals surface area contributed by atoms with E-state index in [4.69, 9.17) is 10.5 Å². The van der Waals surface area contributed by atoms with E-state index in [-0.39, 0.29) is 11.8 Å². The number of likely N-dealkylation sites (tertiary alicyclic amines) is 1. The number of piperidine rings is 1. The van der Waals surface area contributed by atoms with Gasteiger partial charge in [-0.3, -0.25) is 4.79 Å². The molecule has 1 saturated heterocycles. The van der Waals surface area contributed by atoms with Crippen molar-refractivity contribution in [2.24, 2.45) is 11.7 Å². The molecule has 0 aliphatic carbocycles. The number of nitrogens with two attached hydrogens (primary N) is 1. The van der Waals surface area contributed by atoms with E-state index in [1.54, 1.807) is 0 Å². The van der Waals surface area contributed by atoms with Crippen LogP contribution in [-0.4, -0.2) is 36.5 Å². The van der Waals surface area contributed by atoms with E-state index in [1.165, 1.54) is 0 Å². The second kappa shape index (κ2) is 5.44. The SMILES string of the molecule is CC1CCC(CN)CN1C(=O)C1COc2ccccc21. The molecule has 0 saturated carbocycles. The van der Waals surface area contributed by atoms with Crippen molar-refractivity contribution >= 4 is 5.91 Å². The molecule has 2 aliphatic heterocycles. The normalized spacial score (nSPS) is 28.9. The molecule has 20 heavy (non-hydrogen) atoms. The van der Waals surface area contributed by atoms with Crippen molar-refractivity contribution in [1.29, 1.82) is 0 Å². The third kappa shape index (κ3) is 2.29. The van der Waals surface area contributed by atoms with E-state index in [2.05, 4.69) is 6.92 Å². The summed E-state index contributed by atoms with van der Waals surface area (Å²) in [6, 6.07) is 8.15. The number of carbonyl (C=O) groups is 1. The van der Waals surface area contributed by atoms with Crippen LogP contribution >= 0.6 is 0 Å². The van der Waals surface area contributed by atoms with Gasteiger partial charge in [-0.2, -0.15) is 0 Å². The minimum absolute atomic E-state index is 0.148. The highest BCUT2D eigenvalue weighted by Gasteiger charge is 2.37. The van der Waals surface area contributed by atoms with E-state index in [0.29, 0.717) is 25.1 Å². The second-order valence-electron chi connectivity index (χ2n) is 5.92. The van der Waals surface area contributed by atoms with Crippen LogP contribution in [0.25, 0.3) is 0 Å². The van der Waals surface area contributed by atoms with Crippen LogP contribution in [0.5, 0.6) is 5.75 Å². The predicted octanol–water partition coefficient (Wildman–Crippen LogP) is 1.75. The summed E-state index contributed by atoms with van der Waals surface area (Å²) in [7, 11) is 0. The van der Waals surface area contributed by atoms with E-state index in [9.17, 15) is 4.79 Å². The number of nitrogens with zero attached hydrogens (tertiary/aromatic N) is 1. The van der Waals surface area contributed by atoms with Gasteiger partial charge in [-0.15, -0.1) is 0 Å². The number of ether oxygens (including phenoxy) is 1. The molecular formula is C16H22N2O2. The molecule has 1 aromatic carbocycles. The first-order valence-electron chi connectivity index (χ1n) is 7.43. The Hall–Kier alpha value is -1.55. The number of rotatable bonds is 2. The number of benzene rings is 1. The topological polar surface area (TPSA) is 55.6 Å². The Labute approximate surface area is 119 Å². The van der Waals surface area contributed by atoms with Gasteiger partial charge in [-0.1, -0.05) is 18.2 Å². The number of hydrogen-bond acceptors (Lipinski definition) is 3. The predicted molar refractivity (Wildman–Crippen MR) is 77.6 cm³/mol. The Balaban J connectivity index is 1.79. The lowest BCUT2D eigenvalue weighted by atomic mass is 9.91. The molecule has 2 aliphatic rings. The molecule has 2 heterocycles. The summed E-state index contributed by atoms with van der Waals surface area (Å²) in [5.74, 6) is 1.34. The zero-order valence-corrected chi connectivity index (χ0v) is 11.9. The van der Waals surface area contributed by atoms with Gasteiger partial charge in [0.2, 0.25) is 5.91 Å². The van der Waals surface area contributed by atoms with Gasteiger partial charge >= 0.3 is 0 Å². The molecule has 0 spiro atoms. The van der Waals surface area contributed by atoms with Crippen LogP contribution in [0.1, 0.15) is 31.2 Å². The summed E-state index contributed by atoms with van der Waals surface area (Å²) in [6.07, 6.45) is 2.17. The molecular weight excluding hydrogens is 252 g/mol. The molecule has 4 nitrogen and oxygen atoms in total. The van der Waals surface area contributed by atoms with E-state index >= 15 is 0 Å². The van der Waals surface area contributed by atoms with Gasteiger partial charge in [0.15, 0.2) is 0 Å². The fraction of sp³-hybridized carbons (Fsp3) is 0.562. The van der Waals surface area contributed by atoms with Crippen LogP contribution < -0.4 is 10.5 Å². The van der Waals surface area contributed by atoms with Gasteiger partial charge in [0.25, 0.3) is 0 Å². The summed E-state index contributed by atoms with van der Waals surface area (Å²) in [6.45, 7) is 4.05. The van der Waals surface area contributed by atoms with Crippen molar-refractivity contribution in [3.8, 4) is 5.75 Å². The Kier molecular flexibility index (Phi) is 3.66. The van der Waals surface area contributed by atoms with Gasteiger partial charge in [-0.25, -0.2) is 0 Å². The smallest absolute Gasteiger partial charge is 0.233 e. The lowest BCUT2D eigenvalue weighted by Crippen LogP contribution is -2.49. The molecule has 0 aromatic heterocycles. The highest BCUT2D eigenvalue weighted by molar-refractivity contribution is 5.86. The Morgan fingerprint density at radius 2 is 2.20 bits per heavy atom. The highest BCUT2D eigenvalue weighted by Crippen LogP contribution is 2.36. The first-order valence-corrected chi connectivity index (χ1v) is 7.43. The third-order valence-electron chi connectivity index (χ3n) is 4.59. The Morgan fingerprint density at radius 1 is 1.40 bits per heavy atom. The fourth-order valence-corrected chi connectivity index (χ4v) is 3.25. The van der Waals surface area contributed by atoms with Crippen LogP contribution in [0, 0.1) is 5.92 Å². The van der Waals surface area contributed by atoms with Gasteiger partial charge in [0.1, 0.15) is 18.3 Å². The van der Waals surface area contributed by atoms with Gasteiger partial charge in [0.05, 0.1) is 0 Å². The molecule has 2 N–H and O–H groups in total. The van der Waals surface area contributed by atoms with Gasteiger partial charge < -0.3 is 15.4 Å². The van der Waals surface area contributed by atoms with E-state index in [0.717, 1.165) is 30.7 Å². The average molecular weight is 274 g/mol. The van der Waals surface area contributed by atoms with Crippen LogP contribution in [-0.2, 0) is 4.79 Å². The first-order chi connectivity index (χ1) is 9.70. The Bertz CT molecular complexity index is 503. The lowest BCUT2D eigenvalue weighted by Gasteiger charge is -2.38. The minimum atomic E-state index is -0.148. The number of fused-ring (bicyclic) bond motifs is 1. The number of carbonyl (C=O) groups excluding carboxylic acids is 1. The van der Waals surface area contributed by atoms with Crippen LogP contribution in [0.15, 0.2) is 24.3 Å². The van der Waals surface area contributed by atoms with Gasteiger partial charge in [-0.05, 0) is 38.3 Å². The summed E-state index contributed by atoms with van der Waals surface area (Å²) in [5, 5.41) is 0. The van der Waals surface area contributed by atoms with Gasteiger partial charge in [0, 0.05) is 18.2 Å². The quantitative estimate of drug-likeness (QED) is 0.894. The monoisotopic (exact) mass is 274 g/mol.